The van der Waals surface area contributed by atoms with E-state index in [2.05, 4.69) is 10.3 Å². The van der Waals surface area contributed by atoms with Gasteiger partial charge >= 0.3 is 0 Å². The maximum atomic E-state index is 11.4. The Morgan fingerprint density at radius 2 is 2.31 bits per heavy atom. The van der Waals surface area contributed by atoms with Gasteiger partial charge in [0, 0.05) is 18.4 Å². The molecule has 0 fully saturated rings. The lowest BCUT2D eigenvalue weighted by molar-refractivity contribution is 0.0953. The predicted octanol–water partition coefficient (Wildman–Crippen LogP) is 1.53. The van der Waals surface area contributed by atoms with Crippen LogP contribution in [0.15, 0.2) is 18.3 Å². The monoisotopic (exact) mass is 178 g/mol. The number of carbonyl (C=O) groups is 1. The molecule has 1 rings (SSSR count). The van der Waals surface area contributed by atoms with Crippen LogP contribution in [0.1, 0.15) is 29.4 Å². The number of nitrogens with zero attached hydrogens (tertiary/aromatic N) is 1. The summed E-state index contributed by atoms with van der Waals surface area (Å²) in [6.07, 6.45) is 2.55. The molecule has 1 aromatic heterocycles. The Bertz CT molecular complexity index is 279. The minimum absolute atomic E-state index is 0.0469. The van der Waals surface area contributed by atoms with Gasteiger partial charge in [-0.1, -0.05) is 6.92 Å². The Kier molecular flexibility index (Phi) is 3.43. The van der Waals surface area contributed by atoms with Crippen molar-refractivity contribution in [2.24, 2.45) is 0 Å². The number of aromatic nitrogens is 1. The van der Waals surface area contributed by atoms with Gasteiger partial charge in [0.1, 0.15) is 0 Å². The number of carbonyl (C=O) groups excluding carboxylic acids is 1. The third-order valence-electron chi connectivity index (χ3n) is 1.71. The van der Waals surface area contributed by atoms with Crippen LogP contribution < -0.4 is 5.32 Å². The van der Waals surface area contributed by atoms with E-state index in [1.54, 1.807) is 12.3 Å². The lowest BCUT2D eigenvalue weighted by Gasteiger charge is -2.02. The molecule has 1 heterocycles. The summed E-state index contributed by atoms with van der Waals surface area (Å²) in [4.78, 5) is 15.4. The van der Waals surface area contributed by atoms with Gasteiger partial charge in [0.05, 0.1) is 5.56 Å². The second kappa shape index (κ2) is 4.60. The summed E-state index contributed by atoms with van der Waals surface area (Å²) < 4.78 is 0. The van der Waals surface area contributed by atoms with Crippen LogP contribution in [-0.4, -0.2) is 17.4 Å². The summed E-state index contributed by atoms with van der Waals surface area (Å²) >= 11 is 0. The molecule has 0 bridgehead atoms. The van der Waals surface area contributed by atoms with Crippen LogP contribution in [0.5, 0.6) is 0 Å². The van der Waals surface area contributed by atoms with Gasteiger partial charge in [-0.15, -0.1) is 0 Å². The van der Waals surface area contributed by atoms with Gasteiger partial charge < -0.3 is 5.32 Å². The number of hydrogen-bond acceptors (Lipinski definition) is 2. The van der Waals surface area contributed by atoms with Crippen LogP contribution >= 0.6 is 0 Å². The molecular formula is C10H14N2O. The smallest absolute Gasteiger partial charge is 0.252 e. The fourth-order valence-electron chi connectivity index (χ4n) is 0.943. The van der Waals surface area contributed by atoms with E-state index in [0.717, 1.165) is 12.1 Å². The van der Waals surface area contributed by atoms with Gasteiger partial charge in [0.2, 0.25) is 0 Å². The van der Waals surface area contributed by atoms with E-state index in [1.807, 2.05) is 19.9 Å². The summed E-state index contributed by atoms with van der Waals surface area (Å²) in [6, 6.07) is 3.62. The second-order valence-electron chi connectivity index (χ2n) is 2.94. The van der Waals surface area contributed by atoms with Crippen molar-refractivity contribution < 1.29 is 4.79 Å². The number of pyridine rings is 1. The zero-order chi connectivity index (χ0) is 9.68. The number of hydrogen-bond donors (Lipinski definition) is 1. The highest BCUT2D eigenvalue weighted by Crippen LogP contribution is 1.98. The third kappa shape index (κ3) is 2.86. The maximum absolute atomic E-state index is 11.4. The van der Waals surface area contributed by atoms with E-state index in [4.69, 9.17) is 0 Å². The van der Waals surface area contributed by atoms with E-state index in [0.29, 0.717) is 12.1 Å². The molecule has 0 aliphatic heterocycles. The minimum Gasteiger partial charge on any atom is -0.352 e. The summed E-state index contributed by atoms with van der Waals surface area (Å²) in [7, 11) is 0. The van der Waals surface area contributed by atoms with E-state index >= 15 is 0 Å². The fraction of sp³-hybridized carbons (Fsp3) is 0.400. The molecule has 0 radical (unpaired) electrons. The highest BCUT2D eigenvalue weighted by atomic mass is 16.1. The molecule has 0 aliphatic carbocycles. The number of aryl methyl sites for hydroxylation is 1. The Labute approximate surface area is 78.2 Å². The van der Waals surface area contributed by atoms with E-state index < -0.39 is 0 Å². The molecule has 3 nitrogen and oxygen atoms in total. The van der Waals surface area contributed by atoms with Crippen molar-refractivity contribution in [1.29, 1.82) is 0 Å². The first-order valence-electron chi connectivity index (χ1n) is 4.45. The van der Waals surface area contributed by atoms with Crippen molar-refractivity contribution in [3.05, 3.63) is 29.6 Å². The van der Waals surface area contributed by atoms with E-state index in [9.17, 15) is 4.79 Å². The summed E-state index contributed by atoms with van der Waals surface area (Å²) in [5.74, 6) is -0.0469. The van der Waals surface area contributed by atoms with Crippen molar-refractivity contribution in [3.63, 3.8) is 0 Å². The van der Waals surface area contributed by atoms with Crippen LogP contribution in [0.25, 0.3) is 0 Å². The van der Waals surface area contributed by atoms with Gasteiger partial charge in [0.15, 0.2) is 0 Å². The second-order valence-corrected chi connectivity index (χ2v) is 2.94. The maximum Gasteiger partial charge on any atom is 0.252 e. The van der Waals surface area contributed by atoms with Crippen molar-refractivity contribution in [1.82, 2.24) is 10.3 Å². The molecule has 0 aromatic carbocycles. The van der Waals surface area contributed by atoms with Crippen LogP contribution in [-0.2, 0) is 0 Å². The topological polar surface area (TPSA) is 42.0 Å². The highest BCUT2D eigenvalue weighted by Gasteiger charge is 2.02. The molecule has 0 atom stereocenters. The molecule has 3 heteroatoms. The molecule has 70 valence electrons. The van der Waals surface area contributed by atoms with E-state index in [1.165, 1.54) is 0 Å². The zero-order valence-corrected chi connectivity index (χ0v) is 8.00. The largest absolute Gasteiger partial charge is 0.352 e. The quantitative estimate of drug-likeness (QED) is 0.762. The van der Waals surface area contributed by atoms with Crippen LogP contribution in [0, 0.1) is 6.92 Å². The normalized spacial score (nSPS) is 9.69. The van der Waals surface area contributed by atoms with E-state index in [-0.39, 0.29) is 5.91 Å². The lowest BCUT2D eigenvalue weighted by Crippen LogP contribution is -2.24. The van der Waals surface area contributed by atoms with Gasteiger partial charge in [-0.2, -0.15) is 0 Å². The predicted molar refractivity (Wildman–Crippen MR) is 51.6 cm³/mol. The number of rotatable bonds is 3. The Hall–Kier alpha value is -1.38. The van der Waals surface area contributed by atoms with Crippen LogP contribution in [0.4, 0.5) is 0 Å². The van der Waals surface area contributed by atoms with Crippen molar-refractivity contribution in [3.8, 4) is 0 Å². The SMILES string of the molecule is CCCNC(=O)c1ccc(C)nc1. The first-order chi connectivity index (χ1) is 6.24. The molecule has 1 aromatic rings. The Morgan fingerprint density at radius 1 is 1.54 bits per heavy atom. The van der Waals surface area contributed by atoms with Gasteiger partial charge in [-0.05, 0) is 25.5 Å². The molecule has 13 heavy (non-hydrogen) atoms. The van der Waals surface area contributed by atoms with Crippen molar-refractivity contribution >= 4 is 5.91 Å². The average Bonchev–Trinajstić information content (AvgIpc) is 2.15. The van der Waals surface area contributed by atoms with Crippen molar-refractivity contribution in [2.75, 3.05) is 6.54 Å². The standard InChI is InChI=1S/C10H14N2O/c1-3-6-11-10(13)9-5-4-8(2)12-7-9/h4-5,7H,3,6H2,1-2H3,(H,11,13). The average molecular weight is 178 g/mol. The molecule has 0 saturated heterocycles. The Morgan fingerprint density at radius 3 is 2.85 bits per heavy atom. The number of nitrogens with one attached hydrogen (secondary N) is 1. The molecule has 0 aliphatic rings. The Balaban J connectivity index is 2.61. The minimum atomic E-state index is -0.0469. The highest BCUT2D eigenvalue weighted by molar-refractivity contribution is 5.93. The lowest BCUT2D eigenvalue weighted by atomic mass is 10.2. The summed E-state index contributed by atoms with van der Waals surface area (Å²) in [6.45, 7) is 4.63. The molecular weight excluding hydrogens is 164 g/mol. The molecule has 1 N–H and O–H groups in total. The zero-order valence-electron chi connectivity index (χ0n) is 8.00. The molecule has 0 spiro atoms. The fourth-order valence-corrected chi connectivity index (χ4v) is 0.943. The summed E-state index contributed by atoms with van der Waals surface area (Å²) in [5, 5.41) is 2.79. The molecule has 0 saturated carbocycles. The molecule has 0 unspecified atom stereocenters. The van der Waals surface area contributed by atoms with Crippen LogP contribution in [0.3, 0.4) is 0 Å². The summed E-state index contributed by atoms with van der Waals surface area (Å²) in [5.41, 5.74) is 1.55. The van der Waals surface area contributed by atoms with Crippen molar-refractivity contribution in [2.45, 2.75) is 20.3 Å². The first-order valence-corrected chi connectivity index (χ1v) is 4.45. The van der Waals surface area contributed by atoms with Gasteiger partial charge in [-0.25, -0.2) is 0 Å². The third-order valence-corrected chi connectivity index (χ3v) is 1.71. The number of amides is 1. The first kappa shape index (κ1) is 9.71. The van der Waals surface area contributed by atoms with Gasteiger partial charge in [0.25, 0.3) is 5.91 Å². The van der Waals surface area contributed by atoms with Gasteiger partial charge in [-0.3, -0.25) is 9.78 Å². The van der Waals surface area contributed by atoms with Crippen LogP contribution in [0.2, 0.25) is 0 Å². The molecule has 1 amide bonds.